The molecular weight excluding hydrogens is 463 g/mol. The molecule has 0 saturated carbocycles. The molecule has 3 rings (SSSR count). The lowest BCUT2D eigenvalue weighted by atomic mass is 9.93. The third-order valence-corrected chi connectivity index (χ3v) is 6.04. The lowest BCUT2D eigenvalue weighted by Crippen LogP contribution is -2.40. The third-order valence-electron chi connectivity index (χ3n) is 6.04. The normalized spacial score (nSPS) is 15.3. The van der Waals surface area contributed by atoms with Crippen LogP contribution in [0, 0.1) is 6.92 Å². The minimum absolute atomic E-state index is 0.0951. The van der Waals surface area contributed by atoms with Crippen molar-refractivity contribution >= 4 is 29.1 Å². The van der Waals surface area contributed by atoms with Gasteiger partial charge in [-0.1, -0.05) is 23.8 Å². The fourth-order valence-corrected chi connectivity index (χ4v) is 4.26. The summed E-state index contributed by atoms with van der Waals surface area (Å²) in [5.74, 6) is -3.76. The second-order valence-corrected chi connectivity index (χ2v) is 8.54. The van der Waals surface area contributed by atoms with Crippen LogP contribution in [-0.2, 0) is 9.53 Å². The van der Waals surface area contributed by atoms with E-state index >= 15 is 0 Å². The van der Waals surface area contributed by atoms with Gasteiger partial charge in [0.2, 0.25) is 0 Å². The van der Waals surface area contributed by atoms with Gasteiger partial charge >= 0.3 is 18.2 Å². The average molecular weight is 494 g/mol. The Morgan fingerprint density at radius 3 is 2.34 bits per heavy atom. The van der Waals surface area contributed by atoms with Gasteiger partial charge in [-0.2, -0.15) is 13.2 Å². The number of ether oxygens (including phenoxy) is 1. The maximum Gasteiger partial charge on any atom is 0.396 e. The second-order valence-electron chi connectivity index (χ2n) is 8.54. The number of rotatable bonds is 8. The summed E-state index contributed by atoms with van der Waals surface area (Å²) in [6.45, 7) is 5.55. The fourth-order valence-electron chi connectivity index (χ4n) is 4.26. The number of benzene rings is 2. The molecule has 0 aliphatic carbocycles. The van der Waals surface area contributed by atoms with E-state index in [9.17, 15) is 22.8 Å². The lowest BCUT2D eigenvalue weighted by molar-refractivity contribution is -0.163. The number of amides is 2. The molecule has 1 fully saturated rings. The highest BCUT2D eigenvalue weighted by molar-refractivity contribution is 6.02. The lowest BCUT2D eigenvalue weighted by Gasteiger charge is -2.36. The average Bonchev–Trinajstić information content (AvgIpc) is 2.80. The Labute approximate surface area is 202 Å². The van der Waals surface area contributed by atoms with Crippen molar-refractivity contribution < 1.29 is 32.6 Å². The molecule has 190 valence electrons. The number of carbonyl (C=O) groups excluding carboxylic acids is 1. The number of carboxylic acids is 1. The zero-order valence-electron chi connectivity index (χ0n) is 19.7. The van der Waals surface area contributed by atoms with Crippen molar-refractivity contribution in [1.82, 2.24) is 0 Å². The molecular formula is C25H30F3N3O4. The van der Waals surface area contributed by atoms with Gasteiger partial charge in [0.05, 0.1) is 23.7 Å². The van der Waals surface area contributed by atoms with E-state index in [1.165, 1.54) is 18.2 Å². The van der Waals surface area contributed by atoms with E-state index < -0.39 is 30.5 Å². The van der Waals surface area contributed by atoms with Crippen LogP contribution >= 0.6 is 0 Å². The largest absolute Gasteiger partial charge is 0.481 e. The monoisotopic (exact) mass is 493 g/mol. The minimum Gasteiger partial charge on any atom is -0.481 e. The SMILES string of the molecule is CCN(c1ccc([C@H](CC(=O)O)C(F)(F)F)cc1NC(=O)Nc1ccc(C)cc1)C1CCOCC1. The summed E-state index contributed by atoms with van der Waals surface area (Å²) in [4.78, 5) is 26.0. The Morgan fingerprint density at radius 1 is 1.11 bits per heavy atom. The van der Waals surface area contributed by atoms with Gasteiger partial charge in [0.15, 0.2) is 0 Å². The van der Waals surface area contributed by atoms with Gasteiger partial charge in [0, 0.05) is 31.5 Å². The Morgan fingerprint density at radius 2 is 1.77 bits per heavy atom. The molecule has 0 spiro atoms. The van der Waals surface area contributed by atoms with Crippen LogP contribution < -0.4 is 15.5 Å². The van der Waals surface area contributed by atoms with Crippen LogP contribution in [0.5, 0.6) is 0 Å². The predicted octanol–water partition coefficient (Wildman–Crippen LogP) is 5.76. The maximum atomic E-state index is 13.7. The molecule has 0 bridgehead atoms. The molecule has 10 heteroatoms. The molecule has 1 saturated heterocycles. The van der Waals surface area contributed by atoms with Crippen molar-refractivity contribution in [3.63, 3.8) is 0 Å². The molecule has 0 radical (unpaired) electrons. The summed E-state index contributed by atoms with van der Waals surface area (Å²) >= 11 is 0. The van der Waals surface area contributed by atoms with Crippen LogP contribution in [-0.4, -0.2) is 49.1 Å². The Bertz CT molecular complexity index is 1020. The maximum absolute atomic E-state index is 13.7. The number of urea groups is 1. The zero-order chi connectivity index (χ0) is 25.6. The van der Waals surface area contributed by atoms with Crippen LogP contribution in [0.3, 0.4) is 0 Å². The summed E-state index contributed by atoms with van der Waals surface area (Å²) < 4.78 is 46.6. The molecule has 1 aliphatic heterocycles. The Hall–Kier alpha value is -3.27. The van der Waals surface area contributed by atoms with Crippen molar-refractivity contribution in [3.8, 4) is 0 Å². The quantitative estimate of drug-likeness (QED) is 0.435. The van der Waals surface area contributed by atoms with Crippen molar-refractivity contribution in [3.05, 3.63) is 53.6 Å². The summed E-state index contributed by atoms with van der Waals surface area (Å²) in [6.07, 6.45) is -4.37. The molecule has 2 aromatic carbocycles. The molecule has 0 aromatic heterocycles. The van der Waals surface area contributed by atoms with Crippen LogP contribution in [0.1, 0.15) is 43.2 Å². The highest BCUT2D eigenvalue weighted by atomic mass is 19.4. The number of nitrogens with one attached hydrogen (secondary N) is 2. The first kappa shape index (κ1) is 26.3. The first-order chi connectivity index (χ1) is 16.6. The van der Waals surface area contributed by atoms with Gasteiger partial charge in [0.1, 0.15) is 0 Å². The van der Waals surface area contributed by atoms with E-state index in [2.05, 4.69) is 10.6 Å². The van der Waals surface area contributed by atoms with E-state index in [1.807, 2.05) is 30.9 Å². The second kappa shape index (κ2) is 11.4. The topological polar surface area (TPSA) is 90.9 Å². The van der Waals surface area contributed by atoms with E-state index in [4.69, 9.17) is 9.84 Å². The highest BCUT2D eigenvalue weighted by Crippen LogP contribution is 2.41. The third kappa shape index (κ3) is 7.11. The van der Waals surface area contributed by atoms with E-state index in [-0.39, 0.29) is 17.3 Å². The number of anilines is 3. The first-order valence-electron chi connectivity index (χ1n) is 11.5. The smallest absolute Gasteiger partial charge is 0.396 e. The van der Waals surface area contributed by atoms with Gasteiger partial charge in [-0.3, -0.25) is 4.79 Å². The minimum atomic E-state index is -4.76. The molecule has 7 nitrogen and oxygen atoms in total. The van der Waals surface area contributed by atoms with E-state index in [1.54, 1.807) is 12.1 Å². The van der Waals surface area contributed by atoms with Gasteiger partial charge in [0.25, 0.3) is 0 Å². The van der Waals surface area contributed by atoms with E-state index in [0.717, 1.165) is 18.4 Å². The van der Waals surface area contributed by atoms with Gasteiger partial charge < -0.3 is 25.4 Å². The molecule has 2 aromatic rings. The number of aryl methyl sites for hydroxylation is 1. The number of alkyl halides is 3. The Kier molecular flexibility index (Phi) is 8.61. The molecule has 2 amide bonds. The van der Waals surface area contributed by atoms with Crippen molar-refractivity contribution in [2.45, 2.75) is 51.2 Å². The Balaban J connectivity index is 1.97. The van der Waals surface area contributed by atoms with Gasteiger partial charge in [-0.25, -0.2) is 4.79 Å². The number of hydrogen-bond acceptors (Lipinski definition) is 4. The van der Waals surface area contributed by atoms with Crippen molar-refractivity contribution in [2.75, 3.05) is 35.3 Å². The van der Waals surface area contributed by atoms with Crippen molar-refractivity contribution in [1.29, 1.82) is 0 Å². The molecule has 1 heterocycles. The summed E-state index contributed by atoms with van der Waals surface area (Å²) in [7, 11) is 0. The summed E-state index contributed by atoms with van der Waals surface area (Å²) in [6, 6.07) is 10.6. The molecule has 3 N–H and O–H groups in total. The molecule has 35 heavy (non-hydrogen) atoms. The van der Waals surface area contributed by atoms with Crippen LogP contribution in [0.4, 0.5) is 35.0 Å². The van der Waals surface area contributed by atoms with Crippen LogP contribution in [0.15, 0.2) is 42.5 Å². The first-order valence-corrected chi connectivity index (χ1v) is 11.5. The number of carbonyl (C=O) groups is 2. The standard InChI is InChI=1S/C25H30F3N3O4/c1-3-31(19-10-12-35-13-11-19)22-9-6-17(20(15-23(32)33)25(26,27)28)14-21(22)30-24(34)29-18-7-4-16(2)5-8-18/h4-9,14,19-20H,3,10-13,15H2,1-2H3,(H,32,33)(H2,29,30,34)/t20-/m0/s1. The van der Waals surface area contributed by atoms with Gasteiger partial charge in [-0.05, 0) is 56.5 Å². The molecule has 1 aliphatic rings. The van der Waals surface area contributed by atoms with E-state index in [0.29, 0.717) is 31.1 Å². The summed E-state index contributed by atoms with van der Waals surface area (Å²) in [5.41, 5.74) is 2.06. The molecule has 1 atom stereocenters. The van der Waals surface area contributed by atoms with Gasteiger partial charge in [-0.15, -0.1) is 0 Å². The highest BCUT2D eigenvalue weighted by Gasteiger charge is 2.42. The fraction of sp³-hybridized carbons (Fsp3) is 0.440. The predicted molar refractivity (Wildman–Crippen MR) is 128 cm³/mol. The summed E-state index contributed by atoms with van der Waals surface area (Å²) in [5, 5.41) is 14.4. The number of halogens is 3. The number of nitrogens with zero attached hydrogens (tertiary/aromatic N) is 1. The zero-order valence-corrected chi connectivity index (χ0v) is 19.7. The van der Waals surface area contributed by atoms with Crippen molar-refractivity contribution in [2.24, 2.45) is 0 Å². The number of hydrogen-bond donors (Lipinski definition) is 3. The number of aliphatic carboxylic acids is 1. The number of carboxylic acid groups (broad SMARTS) is 1. The molecule has 0 unspecified atom stereocenters. The van der Waals surface area contributed by atoms with Crippen LogP contribution in [0.2, 0.25) is 0 Å². The van der Waals surface area contributed by atoms with Crippen LogP contribution in [0.25, 0.3) is 0 Å².